The minimum atomic E-state index is -4.69. The molecular formula is C43H75F3N2O4S2. The van der Waals surface area contributed by atoms with Gasteiger partial charge >= 0.3 is 18.1 Å². The molecule has 0 aliphatic carbocycles. The summed E-state index contributed by atoms with van der Waals surface area (Å²) < 4.78 is 50.0. The van der Waals surface area contributed by atoms with E-state index >= 15 is 0 Å². The first-order valence-electron chi connectivity index (χ1n) is 19.2. The van der Waals surface area contributed by atoms with Gasteiger partial charge in [0.25, 0.3) is 0 Å². The molecule has 0 spiro atoms. The van der Waals surface area contributed by atoms with Crippen molar-refractivity contribution >= 4 is 41.8 Å². The number of carbonyl (C=O) groups is 2. The number of likely N-dealkylation sites (N-methyl/N-ethyl adjacent to an activating group) is 1. The molecule has 1 rings (SSSR count). The maximum atomic E-state index is 14.3. The van der Waals surface area contributed by atoms with Gasteiger partial charge in [-0.25, -0.2) is 0 Å². The Kier molecular flexibility index (Phi) is 25.5. The van der Waals surface area contributed by atoms with E-state index in [0.717, 1.165) is 18.7 Å². The number of rotatable bonds is 19. The first-order valence-corrected chi connectivity index (χ1v) is 20.8. The van der Waals surface area contributed by atoms with Crippen molar-refractivity contribution in [3.63, 3.8) is 0 Å². The molecule has 11 heteroatoms. The van der Waals surface area contributed by atoms with Crippen LogP contribution in [0, 0.1) is 44.3 Å². The average Bonchev–Trinajstić information content (AvgIpc) is 3.12. The molecule has 2 atom stereocenters. The topological polar surface area (TPSA) is 79.6 Å². The van der Waals surface area contributed by atoms with Crippen LogP contribution in [0.2, 0.25) is 0 Å². The number of carbonyl (C=O) groups excluding carboxylic acids is 2. The first kappa shape index (κ1) is 56.2. The minimum Gasteiger partial charge on any atom is -0.464 e. The fourth-order valence-corrected chi connectivity index (χ4v) is 7.08. The van der Waals surface area contributed by atoms with Gasteiger partial charge in [-0.2, -0.15) is 18.4 Å². The maximum Gasteiger partial charge on any atom is 0.422 e. The smallest absolute Gasteiger partial charge is 0.422 e. The molecule has 0 bridgehead atoms. The van der Waals surface area contributed by atoms with Gasteiger partial charge in [-0.3, -0.25) is 9.59 Å². The van der Waals surface area contributed by atoms with E-state index in [-0.39, 0.29) is 25.4 Å². The highest BCUT2D eigenvalue weighted by atomic mass is 32.2. The number of halogens is 3. The molecule has 0 fully saturated rings. The van der Waals surface area contributed by atoms with Crippen molar-refractivity contribution in [3.05, 3.63) is 35.9 Å². The normalized spacial score (nSPS) is 14.0. The van der Waals surface area contributed by atoms with Crippen molar-refractivity contribution in [3.8, 4) is 6.07 Å². The van der Waals surface area contributed by atoms with E-state index in [0.29, 0.717) is 12.3 Å². The third kappa shape index (κ3) is 16.5. The van der Waals surface area contributed by atoms with Crippen LogP contribution in [-0.4, -0.2) is 66.5 Å². The number of esters is 2. The fourth-order valence-electron chi connectivity index (χ4n) is 5.88. The summed E-state index contributed by atoms with van der Waals surface area (Å²) in [5, 5.41) is 9.96. The number of nitrogens with zero attached hydrogens (tertiary/aromatic N) is 2. The third-order valence-corrected chi connectivity index (χ3v) is 13.2. The van der Waals surface area contributed by atoms with Gasteiger partial charge in [-0.15, -0.1) is 11.8 Å². The molecule has 0 aliphatic rings. The summed E-state index contributed by atoms with van der Waals surface area (Å²) in [4.78, 5) is 30.2. The number of hydrogen-bond acceptors (Lipinski definition) is 8. The van der Waals surface area contributed by atoms with Gasteiger partial charge in [-0.1, -0.05) is 126 Å². The summed E-state index contributed by atoms with van der Waals surface area (Å²) in [7, 11) is 0. The van der Waals surface area contributed by atoms with E-state index < -0.39 is 56.5 Å². The number of nitriles is 1. The predicted molar refractivity (Wildman–Crippen MR) is 227 cm³/mol. The Morgan fingerprint density at radius 1 is 0.852 bits per heavy atom. The Morgan fingerprint density at radius 2 is 1.33 bits per heavy atom. The van der Waals surface area contributed by atoms with Crippen molar-refractivity contribution < 1.29 is 32.2 Å². The van der Waals surface area contributed by atoms with Crippen LogP contribution in [0.5, 0.6) is 0 Å². The minimum absolute atomic E-state index is 0.109. The zero-order valence-corrected chi connectivity index (χ0v) is 38.4. The van der Waals surface area contributed by atoms with E-state index in [1.165, 1.54) is 0 Å². The molecule has 54 heavy (non-hydrogen) atoms. The second-order valence-corrected chi connectivity index (χ2v) is 17.8. The zero-order chi connectivity index (χ0) is 43.4. The summed E-state index contributed by atoms with van der Waals surface area (Å²) in [5.41, 5.74) is -3.41. The highest BCUT2D eigenvalue weighted by molar-refractivity contribution is 7.99. The summed E-state index contributed by atoms with van der Waals surface area (Å²) >= 11 is 5.48. The highest BCUT2D eigenvalue weighted by Crippen LogP contribution is 2.59. The van der Waals surface area contributed by atoms with Gasteiger partial charge in [0, 0.05) is 17.0 Å². The largest absolute Gasteiger partial charge is 0.464 e. The summed E-state index contributed by atoms with van der Waals surface area (Å²) in [6.45, 7) is 33.7. The van der Waals surface area contributed by atoms with Crippen molar-refractivity contribution in [2.45, 2.75) is 147 Å². The average molecular weight is 805 g/mol. The molecule has 0 saturated heterocycles. The second-order valence-electron chi connectivity index (χ2n) is 16.2. The summed E-state index contributed by atoms with van der Waals surface area (Å²) in [6, 6.07) is 12.3. The number of benzene rings is 1. The molecule has 0 aromatic heterocycles. The van der Waals surface area contributed by atoms with Crippen LogP contribution in [0.25, 0.3) is 0 Å². The second kappa shape index (κ2) is 24.5. The molecule has 0 N–H and O–H groups in total. The molecule has 0 aliphatic heterocycles. The van der Waals surface area contributed by atoms with E-state index in [2.05, 4.69) is 42.9 Å². The van der Waals surface area contributed by atoms with Crippen LogP contribution < -0.4 is 0 Å². The Hall–Kier alpha value is -2.16. The van der Waals surface area contributed by atoms with Crippen LogP contribution in [0.3, 0.4) is 0 Å². The maximum absolute atomic E-state index is 14.3. The molecule has 2 unspecified atom stereocenters. The van der Waals surface area contributed by atoms with Gasteiger partial charge in [0.2, 0.25) is 0 Å². The molecular weight excluding hydrogens is 730 g/mol. The number of thioether (sulfide) groups is 1. The molecule has 1 aromatic rings. The summed E-state index contributed by atoms with van der Waals surface area (Å²) in [6.07, 6.45) is -4.30. The lowest BCUT2D eigenvalue weighted by atomic mass is 9.51. The van der Waals surface area contributed by atoms with Crippen molar-refractivity contribution in [1.29, 1.82) is 5.26 Å². The van der Waals surface area contributed by atoms with Crippen LogP contribution in [0.4, 0.5) is 13.2 Å². The van der Waals surface area contributed by atoms with Gasteiger partial charge in [0.1, 0.15) is 6.61 Å². The first-order chi connectivity index (χ1) is 24.7. The van der Waals surface area contributed by atoms with Crippen LogP contribution in [0.1, 0.15) is 136 Å². The van der Waals surface area contributed by atoms with Gasteiger partial charge in [0.05, 0.1) is 22.8 Å². The quantitative estimate of drug-likeness (QED) is 0.101. The van der Waals surface area contributed by atoms with Crippen molar-refractivity contribution in [2.24, 2.45) is 33.0 Å². The molecule has 0 amide bonds. The van der Waals surface area contributed by atoms with Crippen LogP contribution in [0.15, 0.2) is 30.3 Å². The number of thiocarbonyl (C=S) groups is 1. The SMILES string of the molecule is C=S.CC.CC.CCN(CC)CCOC(=O)C(C)(CC(C)(C)C(C)(C)C(CC(C)(C)C(C)(C)C#N)C(=O)OCC(F)(F)F)C(C)(C)SCc1ccccc1. The zero-order valence-electron chi connectivity index (χ0n) is 36.8. The molecule has 0 heterocycles. The molecule has 0 radical (unpaired) electrons. The standard InChI is InChI=1S/C38H61F3N2O4S.2C2H6.CH2S/c1-14-43(15-2)21-22-46-31(45)37(13,36(11,12)48-24-28-19-17-16-18-20-28)25-33(5,6)35(9,10)29(30(44)47-27-38(39,40)41)23-32(3,4)34(7,8)26-42;3*1-2/h16-20,29H,14-15,21-25,27H2,1-13H3;2*1-2H3;1H2. The van der Waals surface area contributed by atoms with E-state index in [1.807, 2.05) is 120 Å². The summed E-state index contributed by atoms with van der Waals surface area (Å²) in [5.74, 6) is 1.16. The Labute approximate surface area is 338 Å². The van der Waals surface area contributed by atoms with E-state index in [1.54, 1.807) is 25.6 Å². The van der Waals surface area contributed by atoms with Crippen LogP contribution in [-0.2, 0) is 24.8 Å². The lowest BCUT2D eigenvalue weighted by molar-refractivity contribution is -0.196. The van der Waals surface area contributed by atoms with E-state index in [9.17, 15) is 28.0 Å². The lowest BCUT2D eigenvalue weighted by Gasteiger charge is -2.54. The lowest BCUT2D eigenvalue weighted by Crippen LogP contribution is -2.54. The number of ether oxygens (including phenoxy) is 2. The number of alkyl halides is 3. The van der Waals surface area contributed by atoms with Gasteiger partial charge < -0.3 is 14.4 Å². The molecule has 6 nitrogen and oxygen atoms in total. The number of hydrogen-bond donors (Lipinski definition) is 0. The van der Waals surface area contributed by atoms with Gasteiger partial charge in [0.15, 0.2) is 6.61 Å². The Bertz CT molecular complexity index is 1260. The fraction of sp³-hybridized carbons (Fsp3) is 0.767. The highest BCUT2D eigenvalue weighted by Gasteiger charge is 2.58. The Balaban J connectivity index is -0.00000411. The molecule has 314 valence electrons. The van der Waals surface area contributed by atoms with Gasteiger partial charge in [-0.05, 0) is 88.2 Å². The van der Waals surface area contributed by atoms with E-state index in [4.69, 9.17) is 9.47 Å². The van der Waals surface area contributed by atoms with Crippen molar-refractivity contribution in [2.75, 3.05) is 32.8 Å². The van der Waals surface area contributed by atoms with Crippen LogP contribution >= 0.6 is 24.0 Å². The van der Waals surface area contributed by atoms with Crippen molar-refractivity contribution in [1.82, 2.24) is 4.90 Å². The molecule has 0 saturated carbocycles. The molecule has 1 aromatic carbocycles. The predicted octanol–water partition coefficient (Wildman–Crippen LogP) is 12.4. The third-order valence-electron chi connectivity index (χ3n) is 11.5. The monoisotopic (exact) mass is 805 g/mol. The Morgan fingerprint density at radius 3 is 1.76 bits per heavy atom.